The summed E-state index contributed by atoms with van der Waals surface area (Å²) in [5, 5.41) is 43.0. The van der Waals surface area contributed by atoms with Gasteiger partial charge in [0.2, 0.25) is 23.6 Å². The van der Waals surface area contributed by atoms with E-state index < -0.39 is 66.6 Å². The van der Waals surface area contributed by atoms with Gasteiger partial charge in [-0.25, -0.2) is 18.8 Å². The van der Waals surface area contributed by atoms with Gasteiger partial charge in [0.1, 0.15) is 23.9 Å². The third-order valence-electron chi connectivity index (χ3n) is 9.70. The summed E-state index contributed by atoms with van der Waals surface area (Å²) >= 11 is 0. The van der Waals surface area contributed by atoms with Crippen LogP contribution in [-0.4, -0.2) is 140 Å². The molecule has 0 radical (unpaired) electrons. The lowest BCUT2D eigenvalue weighted by atomic mass is 9.81. The minimum Gasteiger partial charge on any atom is -0.481 e. The van der Waals surface area contributed by atoms with Gasteiger partial charge in [-0.15, -0.1) is 0 Å². The lowest BCUT2D eigenvalue weighted by Gasteiger charge is -2.29. The topological polar surface area (TPSA) is 297 Å². The van der Waals surface area contributed by atoms with Gasteiger partial charge >= 0.3 is 23.9 Å². The Morgan fingerprint density at radius 2 is 1.26 bits per heavy atom. The Labute approximate surface area is 353 Å². The van der Waals surface area contributed by atoms with Crippen LogP contribution in [0, 0.1) is 17.7 Å². The van der Waals surface area contributed by atoms with E-state index in [2.05, 4.69) is 31.9 Å². The number of hydrogen-bond donors (Lipinski definition) is 9. The molecule has 1 aromatic rings. The van der Waals surface area contributed by atoms with E-state index in [1.807, 2.05) is 0 Å². The lowest BCUT2D eigenvalue weighted by molar-refractivity contribution is -0.141. The first kappa shape index (κ1) is 51.7. The Morgan fingerprint density at radius 3 is 1.85 bits per heavy atom. The predicted molar refractivity (Wildman–Crippen MR) is 214 cm³/mol. The van der Waals surface area contributed by atoms with Crippen molar-refractivity contribution in [2.24, 2.45) is 11.8 Å². The predicted octanol–water partition coefficient (Wildman–Crippen LogP) is 0.709. The van der Waals surface area contributed by atoms with Crippen LogP contribution < -0.4 is 31.9 Å². The SMILES string of the molecule is CC(=O)NCCOCCOCCOCCC(=O)NCC1CCC(C(=O)N[C@@H](Cc2ccc(F)cc2)C(=O)NCCCC[C@H](NC(=O)N[C@@H](CCC(=O)O)C(=O)O)C(=O)O)CC1. The summed E-state index contributed by atoms with van der Waals surface area (Å²) in [4.78, 5) is 96.0. The summed E-state index contributed by atoms with van der Waals surface area (Å²) in [6.07, 6.45) is 2.27. The van der Waals surface area contributed by atoms with E-state index in [0.717, 1.165) is 0 Å². The fourth-order valence-corrected chi connectivity index (χ4v) is 6.29. The van der Waals surface area contributed by atoms with E-state index in [4.69, 9.17) is 19.3 Å². The number of carbonyl (C=O) groups excluding carboxylic acids is 5. The molecule has 0 heterocycles. The number of nitrogens with one attached hydrogen (secondary N) is 6. The third kappa shape index (κ3) is 23.8. The van der Waals surface area contributed by atoms with E-state index >= 15 is 0 Å². The number of unbranched alkanes of at least 4 members (excludes halogenated alkanes) is 1. The highest BCUT2D eigenvalue weighted by atomic mass is 19.1. The molecule has 0 aromatic heterocycles. The van der Waals surface area contributed by atoms with Crippen LogP contribution in [0.1, 0.15) is 76.7 Å². The van der Waals surface area contributed by atoms with Crippen molar-refractivity contribution >= 4 is 47.6 Å². The molecule has 61 heavy (non-hydrogen) atoms. The molecule has 1 aliphatic carbocycles. The van der Waals surface area contributed by atoms with Crippen molar-refractivity contribution in [3.05, 3.63) is 35.6 Å². The van der Waals surface area contributed by atoms with Crippen molar-refractivity contribution in [3.8, 4) is 0 Å². The van der Waals surface area contributed by atoms with Gasteiger partial charge in [0.15, 0.2) is 0 Å². The zero-order valence-electron chi connectivity index (χ0n) is 34.5. The molecule has 0 spiro atoms. The number of aliphatic carboxylic acids is 3. The minimum atomic E-state index is -1.54. The molecule has 1 aliphatic rings. The van der Waals surface area contributed by atoms with E-state index in [1.165, 1.54) is 31.2 Å². The van der Waals surface area contributed by atoms with Crippen molar-refractivity contribution in [1.82, 2.24) is 31.9 Å². The van der Waals surface area contributed by atoms with E-state index in [9.17, 15) is 53.0 Å². The maximum atomic E-state index is 13.6. The van der Waals surface area contributed by atoms with Crippen molar-refractivity contribution in [2.75, 3.05) is 59.3 Å². The zero-order chi connectivity index (χ0) is 45.0. The zero-order valence-corrected chi connectivity index (χ0v) is 34.5. The Morgan fingerprint density at radius 1 is 0.672 bits per heavy atom. The van der Waals surface area contributed by atoms with Crippen LogP contribution in [0.15, 0.2) is 24.3 Å². The van der Waals surface area contributed by atoms with Gasteiger partial charge < -0.3 is 61.4 Å². The van der Waals surface area contributed by atoms with Crippen LogP contribution in [0.2, 0.25) is 0 Å². The highest BCUT2D eigenvalue weighted by molar-refractivity contribution is 5.89. The number of amides is 6. The molecule has 21 heteroatoms. The van der Waals surface area contributed by atoms with E-state index in [-0.39, 0.29) is 74.8 Å². The highest BCUT2D eigenvalue weighted by Gasteiger charge is 2.30. The largest absolute Gasteiger partial charge is 0.481 e. The molecule has 0 unspecified atom stereocenters. The smallest absolute Gasteiger partial charge is 0.326 e. The van der Waals surface area contributed by atoms with Crippen LogP contribution in [0.25, 0.3) is 0 Å². The summed E-state index contributed by atoms with van der Waals surface area (Å²) in [6, 6.07) is 0.505. The monoisotopic (exact) mass is 868 g/mol. The van der Waals surface area contributed by atoms with E-state index in [0.29, 0.717) is 77.4 Å². The molecule has 20 nitrogen and oxygen atoms in total. The number of carboxylic acid groups (broad SMARTS) is 3. The fourth-order valence-electron chi connectivity index (χ4n) is 6.29. The fraction of sp³-hybridized carbons (Fsp3) is 0.650. The normalized spacial score (nSPS) is 16.2. The first-order valence-electron chi connectivity index (χ1n) is 20.5. The second kappa shape index (κ2) is 29.8. The lowest BCUT2D eigenvalue weighted by Crippen LogP contribution is -2.51. The molecule has 0 bridgehead atoms. The number of carbonyl (C=O) groups is 8. The average Bonchev–Trinajstić information content (AvgIpc) is 3.21. The van der Waals surface area contributed by atoms with Gasteiger partial charge in [-0.3, -0.25) is 24.0 Å². The number of benzene rings is 1. The van der Waals surface area contributed by atoms with Gasteiger partial charge in [0, 0.05) is 51.7 Å². The molecule has 6 amide bonds. The molecular weight excluding hydrogens is 807 g/mol. The number of ether oxygens (including phenoxy) is 3. The number of rotatable bonds is 31. The first-order chi connectivity index (χ1) is 29.1. The summed E-state index contributed by atoms with van der Waals surface area (Å²) in [6.45, 7) is 4.53. The van der Waals surface area contributed by atoms with Crippen molar-refractivity contribution in [3.63, 3.8) is 0 Å². The molecule has 1 aromatic carbocycles. The van der Waals surface area contributed by atoms with Crippen LogP contribution >= 0.6 is 0 Å². The molecule has 1 saturated carbocycles. The summed E-state index contributed by atoms with van der Waals surface area (Å²) in [7, 11) is 0. The molecule has 2 rings (SSSR count). The maximum absolute atomic E-state index is 13.6. The molecule has 0 aliphatic heterocycles. The minimum absolute atomic E-state index is 0.0690. The average molecular weight is 869 g/mol. The number of carboxylic acids is 3. The van der Waals surface area contributed by atoms with Crippen LogP contribution in [0.4, 0.5) is 9.18 Å². The first-order valence-corrected chi connectivity index (χ1v) is 20.5. The van der Waals surface area contributed by atoms with Gasteiger partial charge in [0.25, 0.3) is 0 Å². The summed E-state index contributed by atoms with van der Waals surface area (Å²) < 4.78 is 29.8. The Kier molecular flexibility index (Phi) is 25.2. The quantitative estimate of drug-likeness (QED) is 0.0465. The number of hydrogen-bond acceptors (Lipinski definition) is 11. The van der Waals surface area contributed by atoms with Crippen molar-refractivity contribution < 1.29 is 72.3 Å². The maximum Gasteiger partial charge on any atom is 0.326 e. The second-order valence-corrected chi connectivity index (χ2v) is 14.6. The summed E-state index contributed by atoms with van der Waals surface area (Å²) in [5.74, 6) is -5.83. The van der Waals surface area contributed by atoms with Crippen molar-refractivity contribution in [1.29, 1.82) is 0 Å². The van der Waals surface area contributed by atoms with Gasteiger partial charge in [-0.05, 0) is 75.0 Å². The van der Waals surface area contributed by atoms with Crippen LogP contribution in [-0.2, 0) is 54.2 Å². The van der Waals surface area contributed by atoms with Gasteiger partial charge in [-0.2, -0.15) is 0 Å². The highest BCUT2D eigenvalue weighted by Crippen LogP contribution is 2.29. The van der Waals surface area contributed by atoms with Crippen LogP contribution in [0.5, 0.6) is 0 Å². The standard InChI is InChI=1S/C40H61FN6O14/c1-26(48)42-17-19-60-21-23-61-22-20-59-18-15-34(49)44-25-28-5-9-29(10-6-28)36(52)45-33(24-27-7-11-30(41)12-8-27)37(53)43-16-3-2-4-31(38(54)55)46-40(58)47-32(39(56)57)13-14-35(50)51/h7-8,11-12,28-29,31-33H,2-6,9-10,13-25H2,1H3,(H,42,48)(H,43,53)(H,44,49)(H,45,52)(H,50,51)(H,54,55)(H,56,57)(H2,46,47,58)/t28?,29?,31-,32-,33-/m0/s1. The van der Waals surface area contributed by atoms with Crippen molar-refractivity contribution in [2.45, 2.75) is 95.7 Å². The van der Waals surface area contributed by atoms with E-state index in [1.54, 1.807) is 0 Å². The second-order valence-electron chi connectivity index (χ2n) is 14.6. The third-order valence-corrected chi connectivity index (χ3v) is 9.70. The Balaban J connectivity index is 1.73. The molecule has 0 saturated heterocycles. The molecule has 9 N–H and O–H groups in total. The summed E-state index contributed by atoms with van der Waals surface area (Å²) in [5.41, 5.74) is 0.611. The Hall–Kier alpha value is -5.41. The molecule has 342 valence electrons. The number of urea groups is 1. The van der Waals surface area contributed by atoms with Gasteiger partial charge in [-0.1, -0.05) is 12.1 Å². The molecular formula is C40H61FN6O14. The molecule has 1 fully saturated rings. The number of halogens is 1. The van der Waals surface area contributed by atoms with Gasteiger partial charge in [0.05, 0.1) is 39.6 Å². The van der Waals surface area contributed by atoms with Crippen LogP contribution in [0.3, 0.4) is 0 Å². The Bertz CT molecular complexity index is 1560. The molecule has 3 atom stereocenters.